The molecule has 1 saturated carbocycles. The lowest BCUT2D eigenvalue weighted by atomic mass is 9.82. The first-order valence-corrected chi connectivity index (χ1v) is 8.73. The number of hydrogen-bond donors (Lipinski definition) is 1. The Balaban J connectivity index is 1.68. The van der Waals surface area contributed by atoms with E-state index in [0.29, 0.717) is 25.4 Å². The van der Waals surface area contributed by atoms with Crippen LogP contribution in [0.25, 0.3) is 0 Å². The zero-order valence-corrected chi connectivity index (χ0v) is 13.5. The minimum absolute atomic E-state index is 0.197. The summed E-state index contributed by atoms with van der Waals surface area (Å²) < 4.78 is 0. The predicted octanol–water partition coefficient (Wildman–Crippen LogP) is 3.24. The molecule has 1 amide bonds. The van der Waals surface area contributed by atoms with E-state index in [1.807, 2.05) is 18.2 Å². The zero-order valence-electron chi connectivity index (χ0n) is 13.5. The maximum atomic E-state index is 12.8. The maximum Gasteiger partial charge on any atom is 0.316 e. The quantitative estimate of drug-likeness (QED) is 0.868. The van der Waals surface area contributed by atoms with Gasteiger partial charge in [-0.3, -0.25) is 9.59 Å². The van der Waals surface area contributed by atoms with E-state index in [0.717, 1.165) is 24.8 Å². The molecule has 23 heavy (non-hydrogen) atoms. The smallest absolute Gasteiger partial charge is 0.316 e. The molecule has 1 fully saturated rings. The third-order valence-corrected chi connectivity index (χ3v) is 5.33. The van der Waals surface area contributed by atoms with Crippen LogP contribution in [0.15, 0.2) is 24.3 Å². The average molecular weight is 315 g/mol. The highest BCUT2D eigenvalue weighted by Gasteiger charge is 2.34. The van der Waals surface area contributed by atoms with Crippen LogP contribution in [0.1, 0.15) is 49.7 Å². The van der Waals surface area contributed by atoms with Gasteiger partial charge in [-0.2, -0.15) is 0 Å². The van der Waals surface area contributed by atoms with Gasteiger partial charge in [-0.1, -0.05) is 56.4 Å². The molecule has 1 heterocycles. The molecule has 1 aliphatic heterocycles. The summed E-state index contributed by atoms with van der Waals surface area (Å²) in [5, 5.41) is 9.55. The Hall–Kier alpha value is -1.84. The van der Waals surface area contributed by atoms with E-state index in [2.05, 4.69) is 6.07 Å². The van der Waals surface area contributed by atoms with Gasteiger partial charge in [0.1, 0.15) is 5.92 Å². The highest BCUT2D eigenvalue weighted by atomic mass is 16.4. The highest BCUT2D eigenvalue weighted by Crippen LogP contribution is 2.30. The molecule has 0 spiro atoms. The molecule has 4 nitrogen and oxygen atoms in total. The van der Waals surface area contributed by atoms with E-state index < -0.39 is 11.9 Å². The SMILES string of the molecule is O=C(O)C(CC1CCCCC1)C(=O)N1CCc2ccccc2C1. The lowest BCUT2D eigenvalue weighted by molar-refractivity contribution is -0.152. The maximum absolute atomic E-state index is 12.8. The number of carbonyl (C=O) groups is 2. The monoisotopic (exact) mass is 315 g/mol. The van der Waals surface area contributed by atoms with E-state index in [1.165, 1.54) is 24.8 Å². The summed E-state index contributed by atoms with van der Waals surface area (Å²) in [7, 11) is 0. The van der Waals surface area contributed by atoms with Crippen LogP contribution in [-0.4, -0.2) is 28.4 Å². The zero-order chi connectivity index (χ0) is 16.2. The summed E-state index contributed by atoms with van der Waals surface area (Å²) in [6.07, 6.45) is 7.04. The van der Waals surface area contributed by atoms with Gasteiger partial charge in [-0.15, -0.1) is 0 Å². The minimum Gasteiger partial charge on any atom is -0.481 e. The molecule has 1 aromatic carbocycles. The normalized spacial score (nSPS) is 19.9. The molecule has 4 heteroatoms. The first kappa shape index (κ1) is 16.0. The first-order chi connectivity index (χ1) is 11.1. The van der Waals surface area contributed by atoms with E-state index in [4.69, 9.17) is 0 Å². The molecule has 1 atom stereocenters. The molecule has 0 aromatic heterocycles. The lowest BCUT2D eigenvalue weighted by Crippen LogP contribution is -2.43. The van der Waals surface area contributed by atoms with Crippen LogP contribution >= 0.6 is 0 Å². The summed E-state index contributed by atoms with van der Waals surface area (Å²) in [4.78, 5) is 26.2. The van der Waals surface area contributed by atoms with Gasteiger partial charge in [-0.05, 0) is 29.9 Å². The summed E-state index contributed by atoms with van der Waals surface area (Å²) in [5.41, 5.74) is 2.42. The number of carboxylic acid groups (broad SMARTS) is 1. The van der Waals surface area contributed by atoms with E-state index in [-0.39, 0.29) is 5.91 Å². The van der Waals surface area contributed by atoms with Crippen molar-refractivity contribution in [3.05, 3.63) is 35.4 Å². The molecule has 124 valence electrons. The van der Waals surface area contributed by atoms with Gasteiger partial charge in [0.2, 0.25) is 5.91 Å². The molecule has 1 unspecified atom stereocenters. The fraction of sp³-hybridized carbons (Fsp3) is 0.579. The van der Waals surface area contributed by atoms with Crippen LogP contribution in [-0.2, 0) is 22.6 Å². The molecule has 0 bridgehead atoms. The highest BCUT2D eigenvalue weighted by molar-refractivity contribution is 5.97. The van der Waals surface area contributed by atoms with Crippen molar-refractivity contribution in [3.8, 4) is 0 Å². The third kappa shape index (κ3) is 3.74. The van der Waals surface area contributed by atoms with Gasteiger partial charge >= 0.3 is 5.97 Å². The molecule has 1 aliphatic carbocycles. The van der Waals surface area contributed by atoms with Crippen molar-refractivity contribution < 1.29 is 14.7 Å². The number of carbonyl (C=O) groups excluding carboxylic acids is 1. The van der Waals surface area contributed by atoms with Crippen molar-refractivity contribution >= 4 is 11.9 Å². The number of fused-ring (bicyclic) bond motifs is 1. The summed E-state index contributed by atoms with van der Waals surface area (Å²) in [6, 6.07) is 8.11. The second kappa shape index (κ2) is 7.16. The summed E-state index contributed by atoms with van der Waals surface area (Å²) >= 11 is 0. The van der Waals surface area contributed by atoms with Gasteiger partial charge in [0.25, 0.3) is 0 Å². The van der Waals surface area contributed by atoms with Gasteiger partial charge < -0.3 is 10.0 Å². The summed E-state index contributed by atoms with van der Waals surface area (Å²) in [6.45, 7) is 1.17. The fourth-order valence-corrected chi connectivity index (χ4v) is 3.97. The van der Waals surface area contributed by atoms with Crippen molar-refractivity contribution in [1.82, 2.24) is 4.90 Å². The van der Waals surface area contributed by atoms with E-state index in [1.54, 1.807) is 4.90 Å². The van der Waals surface area contributed by atoms with Gasteiger partial charge in [0, 0.05) is 13.1 Å². The predicted molar refractivity (Wildman–Crippen MR) is 87.9 cm³/mol. The number of benzene rings is 1. The van der Waals surface area contributed by atoms with Crippen LogP contribution < -0.4 is 0 Å². The van der Waals surface area contributed by atoms with Crippen LogP contribution in [0, 0.1) is 11.8 Å². The van der Waals surface area contributed by atoms with Crippen LogP contribution in [0.2, 0.25) is 0 Å². The minimum atomic E-state index is -0.959. The standard InChI is InChI=1S/C19H25NO3/c21-18(17(19(22)23)12-14-6-2-1-3-7-14)20-11-10-15-8-4-5-9-16(15)13-20/h4-5,8-9,14,17H,1-3,6-7,10-13H2,(H,22,23). The number of nitrogens with zero attached hydrogens (tertiary/aromatic N) is 1. The second-order valence-electron chi connectivity index (χ2n) is 6.91. The average Bonchev–Trinajstić information content (AvgIpc) is 2.59. The van der Waals surface area contributed by atoms with Crippen molar-refractivity contribution in [3.63, 3.8) is 0 Å². The van der Waals surface area contributed by atoms with Crippen molar-refractivity contribution in [2.75, 3.05) is 6.54 Å². The Kier molecular flexibility index (Phi) is 4.99. The van der Waals surface area contributed by atoms with Gasteiger partial charge in [0.15, 0.2) is 0 Å². The number of rotatable bonds is 4. The van der Waals surface area contributed by atoms with Gasteiger partial charge in [0.05, 0.1) is 0 Å². The molecular weight excluding hydrogens is 290 g/mol. The van der Waals surface area contributed by atoms with E-state index in [9.17, 15) is 14.7 Å². The summed E-state index contributed by atoms with van der Waals surface area (Å²) in [5.74, 6) is -1.63. The van der Waals surface area contributed by atoms with Crippen molar-refractivity contribution in [2.24, 2.45) is 11.8 Å². The molecule has 1 aromatic rings. The number of aliphatic carboxylic acids is 1. The molecule has 3 rings (SSSR count). The van der Waals surface area contributed by atoms with Crippen LogP contribution in [0.4, 0.5) is 0 Å². The number of hydrogen-bond acceptors (Lipinski definition) is 2. The Labute approximate surface area is 137 Å². The largest absolute Gasteiger partial charge is 0.481 e. The number of carboxylic acids is 1. The molecule has 1 N–H and O–H groups in total. The van der Waals surface area contributed by atoms with Gasteiger partial charge in [-0.25, -0.2) is 0 Å². The fourth-order valence-electron chi connectivity index (χ4n) is 3.97. The molecular formula is C19H25NO3. The molecule has 0 radical (unpaired) electrons. The van der Waals surface area contributed by atoms with Crippen molar-refractivity contribution in [2.45, 2.75) is 51.5 Å². The first-order valence-electron chi connectivity index (χ1n) is 8.73. The topological polar surface area (TPSA) is 57.6 Å². The molecule has 2 aliphatic rings. The second-order valence-corrected chi connectivity index (χ2v) is 6.91. The Bertz CT molecular complexity index is 578. The molecule has 0 saturated heterocycles. The van der Waals surface area contributed by atoms with Crippen molar-refractivity contribution in [1.29, 1.82) is 0 Å². The van der Waals surface area contributed by atoms with Crippen LogP contribution in [0.3, 0.4) is 0 Å². The Morgan fingerprint density at radius 2 is 1.83 bits per heavy atom. The third-order valence-electron chi connectivity index (χ3n) is 5.33. The van der Waals surface area contributed by atoms with Crippen LogP contribution in [0.5, 0.6) is 0 Å². The van der Waals surface area contributed by atoms with E-state index >= 15 is 0 Å². The Morgan fingerprint density at radius 1 is 1.13 bits per heavy atom. The number of amides is 1. The Morgan fingerprint density at radius 3 is 2.52 bits per heavy atom. The lowest BCUT2D eigenvalue weighted by Gasteiger charge is -2.32.